The lowest BCUT2D eigenvalue weighted by Gasteiger charge is -2.31. The maximum Gasteiger partial charge on any atom is 0.0944 e. The summed E-state index contributed by atoms with van der Waals surface area (Å²) in [5, 5.41) is 4.89. The Kier molecular flexibility index (Phi) is 5.55. The summed E-state index contributed by atoms with van der Waals surface area (Å²) < 4.78 is 1.31. The fourth-order valence-electron chi connectivity index (χ4n) is 2.66. The van der Waals surface area contributed by atoms with Gasteiger partial charge in [-0.1, -0.05) is 32.9 Å². The fraction of sp³-hybridized carbons (Fsp3) is 0.588. The molecule has 0 bridgehead atoms. The molecule has 0 radical (unpaired) electrons. The molecule has 0 aliphatic rings. The molecule has 0 amide bonds. The standard InChI is InChI=1S/C17H26N2S/c1-4-11-18-13-17(5-2,6-3)12-16-19-14-9-7-8-10-15(14)20-16/h7-10,18H,4-6,11-13H2,1-3H3. The summed E-state index contributed by atoms with van der Waals surface area (Å²) in [5.41, 5.74) is 1.50. The number of nitrogens with zero attached hydrogens (tertiary/aromatic N) is 1. The molecule has 2 rings (SSSR count). The number of hydrogen-bond acceptors (Lipinski definition) is 3. The van der Waals surface area contributed by atoms with E-state index in [1.807, 2.05) is 11.3 Å². The number of rotatable bonds is 8. The van der Waals surface area contributed by atoms with Crippen molar-refractivity contribution in [2.45, 2.75) is 46.5 Å². The molecular formula is C17H26N2S. The average molecular weight is 290 g/mol. The Balaban J connectivity index is 2.13. The highest BCUT2D eigenvalue weighted by atomic mass is 32.1. The van der Waals surface area contributed by atoms with Gasteiger partial charge in [-0.2, -0.15) is 0 Å². The first-order valence-corrected chi connectivity index (χ1v) is 8.60. The van der Waals surface area contributed by atoms with E-state index in [1.54, 1.807) is 0 Å². The first-order valence-electron chi connectivity index (χ1n) is 7.78. The highest BCUT2D eigenvalue weighted by Crippen LogP contribution is 2.33. The van der Waals surface area contributed by atoms with Crippen LogP contribution in [0.4, 0.5) is 0 Å². The molecule has 0 unspecified atom stereocenters. The van der Waals surface area contributed by atoms with Crippen molar-refractivity contribution in [3.63, 3.8) is 0 Å². The van der Waals surface area contributed by atoms with Crippen LogP contribution < -0.4 is 5.32 Å². The number of aromatic nitrogens is 1. The average Bonchev–Trinajstić information content (AvgIpc) is 2.88. The first kappa shape index (κ1) is 15.5. The summed E-state index contributed by atoms with van der Waals surface area (Å²) in [4.78, 5) is 4.81. The van der Waals surface area contributed by atoms with Crippen LogP contribution in [0.1, 0.15) is 45.0 Å². The number of nitrogens with one attached hydrogen (secondary N) is 1. The molecule has 1 aromatic heterocycles. The molecule has 0 saturated carbocycles. The first-order chi connectivity index (χ1) is 9.73. The molecule has 0 atom stereocenters. The van der Waals surface area contributed by atoms with Crippen LogP contribution in [0.2, 0.25) is 0 Å². The van der Waals surface area contributed by atoms with E-state index in [0.717, 1.165) is 25.0 Å². The van der Waals surface area contributed by atoms with Crippen LogP contribution in [0.15, 0.2) is 24.3 Å². The van der Waals surface area contributed by atoms with Gasteiger partial charge in [0, 0.05) is 13.0 Å². The van der Waals surface area contributed by atoms with Gasteiger partial charge in [-0.05, 0) is 43.4 Å². The Bertz CT molecular complexity index is 496. The molecule has 2 nitrogen and oxygen atoms in total. The molecule has 20 heavy (non-hydrogen) atoms. The van der Waals surface area contributed by atoms with Gasteiger partial charge in [0.05, 0.1) is 15.2 Å². The molecule has 1 heterocycles. The molecule has 2 aromatic rings. The van der Waals surface area contributed by atoms with Gasteiger partial charge in [0.1, 0.15) is 0 Å². The number of benzene rings is 1. The van der Waals surface area contributed by atoms with Gasteiger partial charge < -0.3 is 5.32 Å². The lowest BCUT2D eigenvalue weighted by atomic mass is 9.79. The van der Waals surface area contributed by atoms with E-state index in [-0.39, 0.29) is 0 Å². The zero-order valence-corrected chi connectivity index (χ0v) is 13.7. The monoisotopic (exact) mass is 290 g/mol. The molecule has 0 spiro atoms. The van der Waals surface area contributed by atoms with E-state index in [4.69, 9.17) is 4.98 Å². The molecule has 1 aromatic carbocycles. The van der Waals surface area contributed by atoms with Crippen molar-refractivity contribution in [2.75, 3.05) is 13.1 Å². The normalized spacial score (nSPS) is 12.2. The van der Waals surface area contributed by atoms with E-state index >= 15 is 0 Å². The van der Waals surface area contributed by atoms with Crippen molar-refractivity contribution in [1.82, 2.24) is 10.3 Å². The zero-order chi connectivity index (χ0) is 14.4. The minimum Gasteiger partial charge on any atom is -0.316 e. The van der Waals surface area contributed by atoms with Crippen LogP contribution in [0, 0.1) is 5.41 Å². The second kappa shape index (κ2) is 7.19. The third kappa shape index (κ3) is 3.58. The highest BCUT2D eigenvalue weighted by Gasteiger charge is 2.27. The van der Waals surface area contributed by atoms with Gasteiger partial charge in [-0.15, -0.1) is 11.3 Å². The van der Waals surface area contributed by atoms with E-state index in [9.17, 15) is 0 Å². The summed E-state index contributed by atoms with van der Waals surface area (Å²) in [6.45, 7) is 9.06. The van der Waals surface area contributed by atoms with Crippen molar-refractivity contribution in [2.24, 2.45) is 5.41 Å². The summed E-state index contributed by atoms with van der Waals surface area (Å²) in [7, 11) is 0. The highest BCUT2D eigenvalue weighted by molar-refractivity contribution is 7.18. The number of thiazole rings is 1. The largest absolute Gasteiger partial charge is 0.316 e. The second-order valence-electron chi connectivity index (χ2n) is 5.64. The van der Waals surface area contributed by atoms with Gasteiger partial charge in [-0.3, -0.25) is 0 Å². The third-order valence-electron chi connectivity index (χ3n) is 4.29. The zero-order valence-electron chi connectivity index (χ0n) is 12.9. The molecule has 0 fully saturated rings. The Labute approximate surface area is 126 Å². The van der Waals surface area contributed by atoms with Crippen LogP contribution in [0.5, 0.6) is 0 Å². The van der Waals surface area contributed by atoms with Crippen molar-refractivity contribution < 1.29 is 0 Å². The van der Waals surface area contributed by atoms with Gasteiger partial charge in [0.2, 0.25) is 0 Å². The van der Waals surface area contributed by atoms with Crippen molar-refractivity contribution in [3.05, 3.63) is 29.3 Å². The molecule has 110 valence electrons. The molecule has 0 aliphatic heterocycles. The second-order valence-corrected chi connectivity index (χ2v) is 6.75. The fourth-order valence-corrected chi connectivity index (χ4v) is 3.80. The van der Waals surface area contributed by atoms with Crippen LogP contribution in [-0.2, 0) is 6.42 Å². The lowest BCUT2D eigenvalue weighted by Crippen LogP contribution is -2.35. The molecule has 0 saturated heterocycles. The molecule has 0 aliphatic carbocycles. The maximum absolute atomic E-state index is 4.81. The van der Waals surface area contributed by atoms with Gasteiger partial charge in [-0.25, -0.2) is 4.98 Å². The van der Waals surface area contributed by atoms with Crippen molar-refractivity contribution in [3.8, 4) is 0 Å². The van der Waals surface area contributed by atoms with Gasteiger partial charge in [0.15, 0.2) is 0 Å². The Morgan fingerprint density at radius 1 is 1.15 bits per heavy atom. The summed E-state index contributed by atoms with van der Waals surface area (Å²) >= 11 is 1.86. The molecule has 3 heteroatoms. The third-order valence-corrected chi connectivity index (χ3v) is 5.33. The van der Waals surface area contributed by atoms with Crippen LogP contribution in [-0.4, -0.2) is 18.1 Å². The minimum atomic E-state index is 0.350. The molecule has 1 N–H and O–H groups in total. The minimum absolute atomic E-state index is 0.350. The topological polar surface area (TPSA) is 24.9 Å². The smallest absolute Gasteiger partial charge is 0.0944 e. The number of fused-ring (bicyclic) bond motifs is 1. The summed E-state index contributed by atoms with van der Waals surface area (Å²) in [6.07, 6.45) is 4.70. The van der Waals surface area contributed by atoms with Crippen LogP contribution in [0.3, 0.4) is 0 Å². The summed E-state index contributed by atoms with van der Waals surface area (Å²) in [5.74, 6) is 0. The van der Waals surface area contributed by atoms with Gasteiger partial charge in [0.25, 0.3) is 0 Å². The van der Waals surface area contributed by atoms with E-state index in [2.05, 4.69) is 50.4 Å². The van der Waals surface area contributed by atoms with E-state index < -0.39 is 0 Å². The predicted octanol–water partition coefficient (Wildman–Crippen LogP) is 4.64. The van der Waals surface area contributed by atoms with Crippen LogP contribution >= 0.6 is 11.3 Å². The SMILES string of the molecule is CCCNCC(CC)(CC)Cc1nc2ccccc2s1. The Morgan fingerprint density at radius 3 is 2.55 bits per heavy atom. The van der Waals surface area contributed by atoms with Gasteiger partial charge >= 0.3 is 0 Å². The van der Waals surface area contributed by atoms with E-state index in [0.29, 0.717) is 5.41 Å². The Hall–Kier alpha value is -0.930. The maximum atomic E-state index is 4.81. The molecular weight excluding hydrogens is 264 g/mol. The summed E-state index contributed by atoms with van der Waals surface area (Å²) in [6, 6.07) is 8.46. The van der Waals surface area contributed by atoms with Crippen LogP contribution in [0.25, 0.3) is 10.2 Å². The predicted molar refractivity (Wildman–Crippen MR) is 89.5 cm³/mol. The lowest BCUT2D eigenvalue weighted by molar-refractivity contribution is 0.247. The number of para-hydroxylation sites is 1. The van der Waals surface area contributed by atoms with E-state index in [1.165, 1.54) is 29.0 Å². The Morgan fingerprint density at radius 2 is 1.90 bits per heavy atom. The number of hydrogen-bond donors (Lipinski definition) is 1. The van der Waals surface area contributed by atoms with Crippen molar-refractivity contribution >= 4 is 21.6 Å². The van der Waals surface area contributed by atoms with Crippen molar-refractivity contribution in [1.29, 1.82) is 0 Å². The quantitative estimate of drug-likeness (QED) is 0.716.